The molecule has 0 atom stereocenters. The second-order valence-electron chi connectivity index (χ2n) is 4.25. The van der Waals surface area contributed by atoms with Crippen molar-refractivity contribution >= 4 is 28.7 Å². The highest BCUT2D eigenvalue weighted by Gasteiger charge is 2.30. The number of benzene rings is 1. The number of fused-ring (bicyclic) bond motifs is 1. The van der Waals surface area contributed by atoms with Gasteiger partial charge in [0.15, 0.2) is 5.65 Å². The van der Waals surface area contributed by atoms with E-state index in [0.29, 0.717) is 11.2 Å². The van der Waals surface area contributed by atoms with Gasteiger partial charge in [0, 0.05) is 5.69 Å². The Bertz CT molecular complexity index is 795. The molecule has 0 aliphatic carbocycles. The van der Waals surface area contributed by atoms with Gasteiger partial charge in [-0.15, -0.1) is 0 Å². The van der Waals surface area contributed by atoms with Gasteiger partial charge in [-0.05, 0) is 18.2 Å². The molecule has 3 rings (SSSR count). The largest absolute Gasteiger partial charge is 0.416 e. The summed E-state index contributed by atoms with van der Waals surface area (Å²) >= 11 is 0. The predicted octanol–water partition coefficient (Wildman–Crippen LogP) is 2.70. The molecule has 9 heteroatoms. The Morgan fingerprint density at radius 3 is 2.76 bits per heavy atom. The fourth-order valence-electron chi connectivity index (χ4n) is 1.79. The quantitative estimate of drug-likeness (QED) is 0.675. The van der Waals surface area contributed by atoms with Gasteiger partial charge in [0.25, 0.3) is 0 Å². The molecule has 6 nitrogen and oxygen atoms in total. The molecule has 0 aliphatic rings. The molecule has 0 fully saturated rings. The average Bonchev–Trinajstić information content (AvgIpc) is 2.79. The third-order valence-corrected chi connectivity index (χ3v) is 2.71. The molecule has 1 aromatic carbocycles. The maximum absolute atomic E-state index is 12.6. The Balaban J connectivity index is 1.91. The predicted molar refractivity (Wildman–Crippen MR) is 70.8 cm³/mol. The van der Waals surface area contributed by atoms with E-state index in [1.165, 1.54) is 18.3 Å². The zero-order valence-electron chi connectivity index (χ0n) is 10.4. The van der Waals surface area contributed by atoms with Crippen LogP contribution in [0, 0.1) is 0 Å². The van der Waals surface area contributed by atoms with Crippen LogP contribution < -0.4 is 11.1 Å². The summed E-state index contributed by atoms with van der Waals surface area (Å²) in [5.74, 6) is 0.323. The van der Waals surface area contributed by atoms with Crippen LogP contribution in [0.2, 0.25) is 0 Å². The fraction of sp³-hybridized carbons (Fsp3) is 0.0833. The van der Waals surface area contributed by atoms with Gasteiger partial charge < -0.3 is 16.0 Å². The summed E-state index contributed by atoms with van der Waals surface area (Å²) in [5.41, 5.74) is 5.80. The first kappa shape index (κ1) is 13.2. The van der Waals surface area contributed by atoms with Crippen molar-refractivity contribution in [1.82, 2.24) is 19.9 Å². The number of aromatic amines is 1. The third-order valence-electron chi connectivity index (χ3n) is 2.71. The summed E-state index contributed by atoms with van der Waals surface area (Å²) in [5, 5.41) is 2.75. The molecule has 0 radical (unpaired) electrons. The number of anilines is 3. The number of nitrogens with one attached hydrogen (secondary N) is 2. The Kier molecular flexibility index (Phi) is 2.89. The van der Waals surface area contributed by atoms with Gasteiger partial charge >= 0.3 is 6.18 Å². The van der Waals surface area contributed by atoms with Gasteiger partial charge in [-0.25, -0.2) is 4.98 Å². The number of H-pyrrole nitrogens is 1. The molecule has 2 heterocycles. The summed E-state index contributed by atoms with van der Waals surface area (Å²) < 4.78 is 37.9. The topological polar surface area (TPSA) is 92.5 Å². The number of nitrogen functional groups attached to an aromatic ring is 1. The van der Waals surface area contributed by atoms with E-state index in [9.17, 15) is 13.2 Å². The Hall–Kier alpha value is -2.84. The van der Waals surface area contributed by atoms with Gasteiger partial charge in [-0.3, -0.25) is 0 Å². The molecule has 108 valence electrons. The van der Waals surface area contributed by atoms with Crippen LogP contribution in [0.5, 0.6) is 0 Å². The first-order valence-corrected chi connectivity index (χ1v) is 5.84. The van der Waals surface area contributed by atoms with Crippen LogP contribution in [-0.2, 0) is 6.18 Å². The van der Waals surface area contributed by atoms with Crippen molar-refractivity contribution in [3.63, 3.8) is 0 Å². The molecule has 4 N–H and O–H groups in total. The summed E-state index contributed by atoms with van der Waals surface area (Å²) in [6.07, 6.45) is -2.95. The number of nitrogens with two attached hydrogens (primary N) is 1. The van der Waals surface area contributed by atoms with Crippen molar-refractivity contribution < 1.29 is 13.2 Å². The molecular formula is C12H9F3N6. The van der Waals surface area contributed by atoms with Crippen molar-refractivity contribution in [1.29, 1.82) is 0 Å². The highest BCUT2D eigenvalue weighted by Crippen LogP contribution is 2.31. The highest BCUT2D eigenvalue weighted by molar-refractivity contribution is 5.74. The fourth-order valence-corrected chi connectivity index (χ4v) is 1.79. The second-order valence-corrected chi connectivity index (χ2v) is 4.25. The lowest BCUT2D eigenvalue weighted by atomic mass is 10.2. The zero-order valence-corrected chi connectivity index (χ0v) is 10.4. The van der Waals surface area contributed by atoms with Crippen LogP contribution in [0.4, 0.5) is 30.8 Å². The summed E-state index contributed by atoms with van der Waals surface area (Å²) in [6.45, 7) is 0. The van der Waals surface area contributed by atoms with E-state index in [-0.39, 0.29) is 17.6 Å². The summed E-state index contributed by atoms with van der Waals surface area (Å²) in [4.78, 5) is 14.6. The number of nitrogens with zero attached hydrogens (tertiary/aromatic N) is 3. The second kappa shape index (κ2) is 4.62. The van der Waals surface area contributed by atoms with Gasteiger partial charge in [0.2, 0.25) is 11.9 Å². The van der Waals surface area contributed by atoms with Gasteiger partial charge in [0.1, 0.15) is 5.52 Å². The van der Waals surface area contributed by atoms with Crippen LogP contribution in [0.1, 0.15) is 5.56 Å². The number of rotatable bonds is 2. The summed E-state index contributed by atoms with van der Waals surface area (Å²) in [6, 6.07) is 4.80. The first-order chi connectivity index (χ1) is 9.91. The lowest BCUT2D eigenvalue weighted by molar-refractivity contribution is -0.137. The van der Waals surface area contributed by atoms with E-state index in [4.69, 9.17) is 5.73 Å². The Morgan fingerprint density at radius 2 is 2.00 bits per heavy atom. The van der Waals surface area contributed by atoms with Crippen molar-refractivity contribution in [2.24, 2.45) is 0 Å². The van der Waals surface area contributed by atoms with Crippen LogP contribution in [0.15, 0.2) is 30.5 Å². The lowest BCUT2D eigenvalue weighted by Crippen LogP contribution is -2.05. The number of aromatic nitrogens is 4. The number of imidazole rings is 1. The first-order valence-electron chi connectivity index (χ1n) is 5.84. The van der Waals surface area contributed by atoms with Crippen molar-refractivity contribution in [3.8, 4) is 0 Å². The molecule has 0 saturated heterocycles. The summed E-state index contributed by atoms with van der Waals surface area (Å²) in [7, 11) is 0. The van der Waals surface area contributed by atoms with E-state index in [1.807, 2.05) is 0 Å². The molecule has 0 unspecified atom stereocenters. The van der Waals surface area contributed by atoms with Crippen LogP contribution in [0.25, 0.3) is 11.2 Å². The molecule has 0 amide bonds. The van der Waals surface area contributed by atoms with Crippen LogP contribution in [0.3, 0.4) is 0 Å². The monoisotopic (exact) mass is 294 g/mol. The molecule has 0 bridgehead atoms. The smallest absolute Gasteiger partial charge is 0.368 e. The van der Waals surface area contributed by atoms with Gasteiger partial charge in [-0.2, -0.15) is 23.1 Å². The average molecular weight is 294 g/mol. The molecule has 0 spiro atoms. The number of alkyl halides is 3. The zero-order chi connectivity index (χ0) is 15.0. The Morgan fingerprint density at radius 1 is 1.19 bits per heavy atom. The van der Waals surface area contributed by atoms with Gasteiger partial charge in [0.05, 0.1) is 11.8 Å². The molecule has 2 aromatic heterocycles. The van der Waals surface area contributed by atoms with E-state index in [1.54, 1.807) is 0 Å². The molecule has 0 aliphatic heterocycles. The minimum Gasteiger partial charge on any atom is -0.368 e. The number of hydrogen-bond donors (Lipinski definition) is 3. The van der Waals surface area contributed by atoms with E-state index in [0.717, 1.165) is 12.1 Å². The maximum atomic E-state index is 12.6. The van der Waals surface area contributed by atoms with E-state index >= 15 is 0 Å². The van der Waals surface area contributed by atoms with Crippen molar-refractivity contribution in [3.05, 3.63) is 36.0 Å². The van der Waals surface area contributed by atoms with Gasteiger partial charge in [-0.1, -0.05) is 6.07 Å². The highest BCUT2D eigenvalue weighted by atomic mass is 19.4. The maximum Gasteiger partial charge on any atom is 0.416 e. The third kappa shape index (κ3) is 2.71. The van der Waals surface area contributed by atoms with Crippen LogP contribution in [-0.4, -0.2) is 19.9 Å². The van der Waals surface area contributed by atoms with E-state index in [2.05, 4.69) is 25.3 Å². The molecule has 21 heavy (non-hydrogen) atoms. The number of hydrogen-bond acceptors (Lipinski definition) is 5. The Labute approximate surface area is 116 Å². The number of halogens is 3. The molecule has 3 aromatic rings. The molecule has 0 saturated carbocycles. The SMILES string of the molecule is Nc1ncc2[nH]c(Nc3cccc(C(F)(F)F)c3)nc2n1. The van der Waals surface area contributed by atoms with Crippen molar-refractivity contribution in [2.45, 2.75) is 6.18 Å². The lowest BCUT2D eigenvalue weighted by Gasteiger charge is -2.08. The molecular weight excluding hydrogens is 285 g/mol. The van der Waals surface area contributed by atoms with Crippen molar-refractivity contribution in [2.75, 3.05) is 11.1 Å². The minimum absolute atomic E-state index is 0.0691. The van der Waals surface area contributed by atoms with Crippen LogP contribution >= 0.6 is 0 Å². The standard InChI is InChI=1S/C12H9F3N6/c13-12(14,15)6-2-1-3-7(4-6)18-11-19-8-5-17-10(16)20-9(8)21-11/h1-5H,(H4,16,17,18,19,20,21). The van der Waals surface area contributed by atoms with E-state index < -0.39 is 11.7 Å². The normalized spacial score (nSPS) is 11.8. The minimum atomic E-state index is -4.40.